The predicted octanol–water partition coefficient (Wildman–Crippen LogP) is 3.29. The molecular formula is C19H25NO4S. The largest absolute Gasteiger partial charge is 0.495 e. The van der Waals surface area contributed by atoms with Crippen molar-refractivity contribution in [3.63, 3.8) is 0 Å². The highest BCUT2D eigenvalue weighted by Crippen LogP contribution is 2.27. The summed E-state index contributed by atoms with van der Waals surface area (Å²) in [6, 6.07) is 9.26. The summed E-state index contributed by atoms with van der Waals surface area (Å²) >= 11 is 0. The summed E-state index contributed by atoms with van der Waals surface area (Å²) in [5.41, 5.74) is 4.09. The Kier molecular flexibility index (Phi) is 6.08. The van der Waals surface area contributed by atoms with Crippen LogP contribution >= 0.6 is 0 Å². The minimum Gasteiger partial charge on any atom is -0.495 e. The average molecular weight is 363 g/mol. The molecule has 0 atom stereocenters. The molecule has 0 saturated heterocycles. The van der Waals surface area contributed by atoms with Crippen molar-refractivity contribution < 1.29 is 17.9 Å². The van der Waals surface area contributed by atoms with Crippen molar-refractivity contribution in [2.75, 3.05) is 20.3 Å². The molecule has 0 fully saturated rings. The molecule has 0 saturated carbocycles. The Bertz CT molecular complexity index is 840. The molecule has 0 aliphatic rings. The van der Waals surface area contributed by atoms with E-state index in [1.54, 1.807) is 12.1 Å². The van der Waals surface area contributed by atoms with Gasteiger partial charge in [-0.25, -0.2) is 13.1 Å². The number of methoxy groups -OCH3 is 1. The van der Waals surface area contributed by atoms with Crippen LogP contribution in [0.15, 0.2) is 35.2 Å². The predicted molar refractivity (Wildman–Crippen MR) is 99.1 cm³/mol. The van der Waals surface area contributed by atoms with Crippen LogP contribution in [0, 0.1) is 27.7 Å². The van der Waals surface area contributed by atoms with Crippen LogP contribution in [0.2, 0.25) is 0 Å². The number of aryl methyl sites for hydroxylation is 4. The van der Waals surface area contributed by atoms with Gasteiger partial charge in [0.25, 0.3) is 0 Å². The van der Waals surface area contributed by atoms with Crippen LogP contribution in [0.1, 0.15) is 22.3 Å². The molecule has 0 spiro atoms. The summed E-state index contributed by atoms with van der Waals surface area (Å²) in [7, 11) is -2.20. The first-order valence-corrected chi connectivity index (χ1v) is 9.57. The van der Waals surface area contributed by atoms with E-state index >= 15 is 0 Å². The SMILES string of the molecule is COc1cc(C)c(C)cc1S(=O)(=O)NCCOc1cc(C)cc(C)c1. The molecular weight excluding hydrogens is 338 g/mol. The van der Waals surface area contributed by atoms with Gasteiger partial charge in [0.1, 0.15) is 23.0 Å². The molecule has 0 amide bonds. The van der Waals surface area contributed by atoms with Gasteiger partial charge in [0.15, 0.2) is 0 Å². The highest BCUT2D eigenvalue weighted by Gasteiger charge is 2.20. The van der Waals surface area contributed by atoms with Crippen molar-refractivity contribution in [2.24, 2.45) is 0 Å². The smallest absolute Gasteiger partial charge is 0.244 e. The van der Waals surface area contributed by atoms with Gasteiger partial charge >= 0.3 is 0 Å². The maximum atomic E-state index is 12.5. The van der Waals surface area contributed by atoms with Gasteiger partial charge in [0.05, 0.1) is 7.11 Å². The molecule has 0 aliphatic heterocycles. The maximum Gasteiger partial charge on any atom is 0.244 e. The lowest BCUT2D eigenvalue weighted by Gasteiger charge is -2.14. The molecule has 0 bridgehead atoms. The third kappa shape index (κ3) is 4.96. The van der Waals surface area contributed by atoms with Crippen molar-refractivity contribution in [1.29, 1.82) is 0 Å². The Labute approximate surface area is 150 Å². The topological polar surface area (TPSA) is 64.6 Å². The zero-order chi connectivity index (χ0) is 18.6. The zero-order valence-corrected chi connectivity index (χ0v) is 16.2. The average Bonchev–Trinajstić information content (AvgIpc) is 2.52. The highest BCUT2D eigenvalue weighted by atomic mass is 32.2. The van der Waals surface area contributed by atoms with Gasteiger partial charge in [0, 0.05) is 6.54 Å². The number of rotatable bonds is 7. The standard InChI is InChI=1S/C19H25NO4S/c1-13-8-14(2)10-17(9-13)24-7-6-20-25(21,22)19-12-16(4)15(3)11-18(19)23-5/h8-12,20H,6-7H2,1-5H3. The van der Waals surface area contributed by atoms with Crippen molar-refractivity contribution in [3.8, 4) is 11.5 Å². The molecule has 2 aromatic carbocycles. The molecule has 0 radical (unpaired) electrons. The first-order valence-electron chi connectivity index (χ1n) is 8.09. The zero-order valence-electron chi connectivity index (χ0n) is 15.3. The lowest BCUT2D eigenvalue weighted by atomic mass is 10.1. The highest BCUT2D eigenvalue weighted by molar-refractivity contribution is 7.89. The molecule has 5 nitrogen and oxygen atoms in total. The van der Waals surface area contributed by atoms with E-state index in [9.17, 15) is 8.42 Å². The maximum absolute atomic E-state index is 12.5. The second-order valence-corrected chi connectivity index (χ2v) is 7.89. The molecule has 2 aromatic rings. The third-order valence-electron chi connectivity index (χ3n) is 3.93. The van der Waals surface area contributed by atoms with Crippen LogP contribution in [0.4, 0.5) is 0 Å². The van der Waals surface area contributed by atoms with Gasteiger partial charge < -0.3 is 9.47 Å². The van der Waals surface area contributed by atoms with Gasteiger partial charge in [-0.1, -0.05) is 6.07 Å². The molecule has 0 unspecified atom stereocenters. The van der Waals surface area contributed by atoms with E-state index in [2.05, 4.69) is 10.8 Å². The molecule has 25 heavy (non-hydrogen) atoms. The van der Waals surface area contributed by atoms with Gasteiger partial charge in [-0.2, -0.15) is 0 Å². The van der Waals surface area contributed by atoms with E-state index in [-0.39, 0.29) is 18.0 Å². The minimum atomic E-state index is -3.67. The third-order valence-corrected chi connectivity index (χ3v) is 5.41. The fraction of sp³-hybridized carbons (Fsp3) is 0.368. The molecule has 6 heteroatoms. The number of nitrogens with one attached hydrogen (secondary N) is 1. The second kappa shape index (κ2) is 7.89. The van der Waals surface area contributed by atoms with E-state index in [0.29, 0.717) is 5.75 Å². The number of hydrogen-bond acceptors (Lipinski definition) is 4. The number of benzene rings is 2. The van der Waals surface area contributed by atoms with Crippen LogP contribution in [0.5, 0.6) is 11.5 Å². The first-order chi connectivity index (χ1) is 11.7. The Hall–Kier alpha value is -2.05. The van der Waals surface area contributed by atoms with Crippen LogP contribution in [0.3, 0.4) is 0 Å². The summed E-state index contributed by atoms with van der Waals surface area (Å²) in [4.78, 5) is 0.143. The van der Waals surface area contributed by atoms with E-state index in [0.717, 1.165) is 28.0 Å². The molecule has 0 aromatic heterocycles. The van der Waals surface area contributed by atoms with Crippen molar-refractivity contribution in [3.05, 3.63) is 52.6 Å². The van der Waals surface area contributed by atoms with Gasteiger partial charge in [0.2, 0.25) is 10.0 Å². The van der Waals surface area contributed by atoms with E-state index < -0.39 is 10.0 Å². The lowest BCUT2D eigenvalue weighted by molar-refractivity contribution is 0.322. The summed E-state index contributed by atoms with van der Waals surface area (Å²) < 4.78 is 38.5. The number of sulfonamides is 1. The fourth-order valence-electron chi connectivity index (χ4n) is 2.57. The van der Waals surface area contributed by atoms with E-state index in [4.69, 9.17) is 9.47 Å². The Morgan fingerprint density at radius 2 is 1.52 bits per heavy atom. The quantitative estimate of drug-likeness (QED) is 0.767. The monoisotopic (exact) mass is 363 g/mol. The summed E-state index contributed by atoms with van der Waals surface area (Å²) in [6.07, 6.45) is 0. The lowest BCUT2D eigenvalue weighted by Crippen LogP contribution is -2.28. The fourth-order valence-corrected chi connectivity index (χ4v) is 3.82. The molecule has 136 valence electrons. The summed E-state index contributed by atoms with van der Waals surface area (Å²) in [6.45, 7) is 8.19. The second-order valence-electron chi connectivity index (χ2n) is 6.16. The number of ether oxygens (including phenoxy) is 2. The Morgan fingerprint density at radius 3 is 2.12 bits per heavy atom. The first kappa shape index (κ1) is 19.3. The van der Waals surface area contributed by atoms with E-state index in [1.165, 1.54) is 7.11 Å². The van der Waals surface area contributed by atoms with Crippen LogP contribution in [-0.4, -0.2) is 28.7 Å². The molecule has 0 aliphatic carbocycles. The van der Waals surface area contributed by atoms with Crippen molar-refractivity contribution >= 4 is 10.0 Å². The number of hydrogen-bond donors (Lipinski definition) is 1. The molecule has 1 N–H and O–H groups in total. The van der Waals surface area contributed by atoms with E-state index in [1.807, 2.05) is 39.8 Å². The Balaban J connectivity index is 2.03. The van der Waals surface area contributed by atoms with Crippen molar-refractivity contribution in [1.82, 2.24) is 4.72 Å². The summed E-state index contributed by atoms with van der Waals surface area (Å²) in [5, 5.41) is 0. The van der Waals surface area contributed by atoms with Gasteiger partial charge in [-0.15, -0.1) is 0 Å². The van der Waals surface area contributed by atoms with Gasteiger partial charge in [-0.05, 0) is 74.2 Å². The van der Waals surface area contributed by atoms with Crippen LogP contribution in [-0.2, 0) is 10.0 Å². The van der Waals surface area contributed by atoms with Gasteiger partial charge in [-0.3, -0.25) is 0 Å². The normalized spacial score (nSPS) is 11.4. The Morgan fingerprint density at radius 1 is 0.920 bits per heavy atom. The van der Waals surface area contributed by atoms with Crippen LogP contribution < -0.4 is 14.2 Å². The van der Waals surface area contributed by atoms with Crippen molar-refractivity contribution in [2.45, 2.75) is 32.6 Å². The summed E-state index contributed by atoms with van der Waals surface area (Å²) in [5.74, 6) is 1.08. The minimum absolute atomic E-state index is 0.143. The van der Waals surface area contributed by atoms with Crippen LogP contribution in [0.25, 0.3) is 0 Å². The molecule has 2 rings (SSSR count). The molecule has 0 heterocycles.